The van der Waals surface area contributed by atoms with Gasteiger partial charge in [-0.25, -0.2) is 0 Å². The maximum Gasteiger partial charge on any atom is 0.110 e. The molecule has 0 fully saturated rings. The van der Waals surface area contributed by atoms with Gasteiger partial charge in [-0.1, -0.05) is 12.2 Å². The second kappa shape index (κ2) is 2.96. The van der Waals surface area contributed by atoms with Crippen LogP contribution < -0.4 is 0 Å². The first-order valence-electron chi connectivity index (χ1n) is 2.92. The lowest BCUT2D eigenvalue weighted by Gasteiger charge is -2.21. The minimum absolute atomic E-state index is 0.120. The highest BCUT2D eigenvalue weighted by Crippen LogP contribution is 2.05. The molecule has 1 heterocycles. The lowest BCUT2D eigenvalue weighted by Crippen LogP contribution is -2.33. The van der Waals surface area contributed by atoms with Crippen LogP contribution in [0, 0.1) is 0 Å². The summed E-state index contributed by atoms with van der Waals surface area (Å²) >= 11 is 0. The van der Waals surface area contributed by atoms with Crippen LogP contribution in [0.1, 0.15) is 0 Å². The van der Waals surface area contributed by atoms with Gasteiger partial charge in [-0.2, -0.15) is 0 Å². The molecule has 1 unspecified atom stereocenters. The molecule has 0 saturated heterocycles. The Bertz CT molecular complexity index is 111. The van der Waals surface area contributed by atoms with Gasteiger partial charge < -0.3 is 14.9 Å². The van der Waals surface area contributed by atoms with Gasteiger partial charge in [0.25, 0.3) is 0 Å². The molecule has 2 N–H and O–H groups in total. The molecule has 52 valence electrons. The first-order chi connectivity index (χ1) is 4.34. The minimum Gasteiger partial charge on any atom is -0.394 e. The Labute approximate surface area is 53.6 Å². The van der Waals surface area contributed by atoms with Gasteiger partial charge in [0.05, 0.1) is 13.2 Å². The van der Waals surface area contributed by atoms with Crippen LogP contribution in [0.3, 0.4) is 0 Å². The van der Waals surface area contributed by atoms with Crippen molar-refractivity contribution in [1.82, 2.24) is 0 Å². The molecule has 3 nitrogen and oxygen atoms in total. The number of rotatable bonds is 1. The van der Waals surface area contributed by atoms with E-state index < -0.39 is 12.2 Å². The first-order valence-corrected chi connectivity index (χ1v) is 2.92. The molecule has 2 atom stereocenters. The van der Waals surface area contributed by atoms with Crippen molar-refractivity contribution in [3.63, 3.8) is 0 Å². The van der Waals surface area contributed by atoms with Crippen molar-refractivity contribution in [1.29, 1.82) is 0 Å². The van der Waals surface area contributed by atoms with E-state index in [4.69, 9.17) is 14.9 Å². The normalized spacial score (nSPS) is 34.9. The Kier molecular flexibility index (Phi) is 2.22. The smallest absolute Gasteiger partial charge is 0.110 e. The number of aliphatic hydroxyl groups is 2. The molecule has 1 aliphatic heterocycles. The van der Waals surface area contributed by atoms with Crippen LogP contribution >= 0.6 is 0 Å². The van der Waals surface area contributed by atoms with E-state index in [1.54, 1.807) is 12.2 Å². The predicted molar refractivity (Wildman–Crippen MR) is 32.0 cm³/mol. The number of aliphatic hydroxyl groups excluding tert-OH is 2. The van der Waals surface area contributed by atoms with Crippen LogP contribution in [0.2, 0.25) is 0 Å². The van der Waals surface area contributed by atoms with Crippen molar-refractivity contribution >= 4 is 0 Å². The Balaban J connectivity index is 2.44. The molecule has 0 aromatic carbocycles. The van der Waals surface area contributed by atoms with E-state index in [-0.39, 0.29) is 6.61 Å². The highest BCUT2D eigenvalue weighted by atomic mass is 16.5. The average molecular weight is 130 g/mol. The molecule has 3 heteroatoms. The molecular formula is C6H10O3. The maximum atomic E-state index is 9.00. The van der Waals surface area contributed by atoms with Gasteiger partial charge in [0.1, 0.15) is 12.2 Å². The SMILES string of the molecule is OC[C@H]1OCC=CC1O. The molecule has 0 spiro atoms. The van der Waals surface area contributed by atoms with E-state index in [0.717, 1.165) is 0 Å². The lowest BCUT2D eigenvalue weighted by atomic mass is 10.2. The fourth-order valence-corrected chi connectivity index (χ4v) is 0.757. The van der Waals surface area contributed by atoms with Gasteiger partial charge in [-0.3, -0.25) is 0 Å². The molecule has 0 radical (unpaired) electrons. The fraction of sp³-hybridized carbons (Fsp3) is 0.667. The van der Waals surface area contributed by atoms with Crippen LogP contribution in [0.25, 0.3) is 0 Å². The monoisotopic (exact) mass is 130 g/mol. The van der Waals surface area contributed by atoms with Gasteiger partial charge >= 0.3 is 0 Å². The van der Waals surface area contributed by atoms with Gasteiger partial charge in [0.2, 0.25) is 0 Å². The molecule has 0 aromatic rings. The summed E-state index contributed by atoms with van der Waals surface area (Å²) in [6.45, 7) is 0.369. The van der Waals surface area contributed by atoms with Crippen molar-refractivity contribution < 1.29 is 14.9 Å². The molecule has 1 aliphatic rings. The predicted octanol–water partition coefficient (Wildman–Crippen LogP) is -0.705. The molecule has 0 amide bonds. The molecular weight excluding hydrogens is 120 g/mol. The summed E-state index contributed by atoms with van der Waals surface area (Å²) in [5.74, 6) is 0. The topological polar surface area (TPSA) is 49.7 Å². The molecule has 0 aliphatic carbocycles. The maximum absolute atomic E-state index is 9.00. The zero-order valence-electron chi connectivity index (χ0n) is 5.03. The second-order valence-corrected chi connectivity index (χ2v) is 1.97. The second-order valence-electron chi connectivity index (χ2n) is 1.97. The zero-order valence-corrected chi connectivity index (χ0v) is 5.03. The van der Waals surface area contributed by atoms with Gasteiger partial charge in [0.15, 0.2) is 0 Å². The van der Waals surface area contributed by atoms with E-state index in [2.05, 4.69) is 0 Å². The van der Waals surface area contributed by atoms with E-state index >= 15 is 0 Å². The van der Waals surface area contributed by atoms with Crippen LogP contribution in [-0.4, -0.2) is 35.6 Å². The number of hydrogen-bond donors (Lipinski definition) is 2. The van der Waals surface area contributed by atoms with Crippen molar-refractivity contribution in [2.45, 2.75) is 12.2 Å². The number of hydrogen-bond acceptors (Lipinski definition) is 3. The van der Waals surface area contributed by atoms with E-state index in [0.29, 0.717) is 6.61 Å². The van der Waals surface area contributed by atoms with Gasteiger partial charge in [-0.05, 0) is 0 Å². The van der Waals surface area contributed by atoms with Crippen molar-refractivity contribution in [3.8, 4) is 0 Å². The molecule has 1 rings (SSSR count). The van der Waals surface area contributed by atoms with Crippen LogP contribution in [0.4, 0.5) is 0 Å². The average Bonchev–Trinajstić information content (AvgIpc) is 1.89. The van der Waals surface area contributed by atoms with Crippen molar-refractivity contribution in [2.75, 3.05) is 13.2 Å². The Morgan fingerprint density at radius 2 is 2.44 bits per heavy atom. The highest BCUT2D eigenvalue weighted by molar-refractivity contribution is 4.96. The van der Waals surface area contributed by atoms with Crippen LogP contribution in [-0.2, 0) is 4.74 Å². The Morgan fingerprint density at radius 1 is 1.67 bits per heavy atom. The summed E-state index contributed by atoms with van der Waals surface area (Å²) in [6.07, 6.45) is 2.31. The first kappa shape index (κ1) is 6.74. The van der Waals surface area contributed by atoms with Crippen molar-refractivity contribution in [3.05, 3.63) is 12.2 Å². The molecule has 9 heavy (non-hydrogen) atoms. The fourth-order valence-electron chi connectivity index (χ4n) is 0.757. The summed E-state index contributed by atoms with van der Waals surface area (Å²) in [5, 5.41) is 17.5. The summed E-state index contributed by atoms with van der Waals surface area (Å²) in [7, 11) is 0. The summed E-state index contributed by atoms with van der Waals surface area (Å²) in [5.41, 5.74) is 0. The van der Waals surface area contributed by atoms with E-state index in [1.165, 1.54) is 0 Å². The third-order valence-corrected chi connectivity index (χ3v) is 1.30. The third kappa shape index (κ3) is 1.51. The molecule has 0 aromatic heterocycles. The van der Waals surface area contributed by atoms with Gasteiger partial charge in [-0.15, -0.1) is 0 Å². The van der Waals surface area contributed by atoms with E-state index in [9.17, 15) is 0 Å². The Morgan fingerprint density at radius 3 is 2.89 bits per heavy atom. The summed E-state index contributed by atoms with van der Waals surface area (Å²) in [6, 6.07) is 0. The van der Waals surface area contributed by atoms with Crippen LogP contribution in [0.5, 0.6) is 0 Å². The standard InChI is InChI=1S/C6H10O3/c7-4-6-5(8)2-1-3-9-6/h1-2,5-8H,3-4H2/t5?,6-/m1/s1. The highest BCUT2D eigenvalue weighted by Gasteiger charge is 2.18. The molecule has 0 bridgehead atoms. The largest absolute Gasteiger partial charge is 0.394 e. The number of ether oxygens (including phenoxy) is 1. The zero-order chi connectivity index (χ0) is 6.69. The minimum atomic E-state index is -0.635. The lowest BCUT2D eigenvalue weighted by molar-refractivity contribution is -0.0441. The van der Waals surface area contributed by atoms with Crippen molar-refractivity contribution in [2.24, 2.45) is 0 Å². The van der Waals surface area contributed by atoms with E-state index in [1.807, 2.05) is 0 Å². The van der Waals surface area contributed by atoms with Crippen LogP contribution in [0.15, 0.2) is 12.2 Å². The summed E-state index contributed by atoms with van der Waals surface area (Å²) < 4.78 is 4.95. The van der Waals surface area contributed by atoms with Gasteiger partial charge in [0, 0.05) is 0 Å². The summed E-state index contributed by atoms with van der Waals surface area (Å²) in [4.78, 5) is 0. The molecule has 0 saturated carbocycles. The Hall–Kier alpha value is -0.380. The third-order valence-electron chi connectivity index (χ3n) is 1.30. The quantitative estimate of drug-likeness (QED) is 0.461.